The van der Waals surface area contributed by atoms with Gasteiger partial charge in [0, 0.05) is 12.7 Å². The number of likely N-dealkylation sites (tertiary alicyclic amines) is 1. The first-order valence-corrected chi connectivity index (χ1v) is 8.67. The molecule has 0 aliphatic carbocycles. The number of nitrogens with one attached hydrogen (secondary N) is 1. The molecule has 8 heteroatoms. The number of hydrogen-bond donors (Lipinski definition) is 1. The van der Waals surface area contributed by atoms with Gasteiger partial charge in [-0.1, -0.05) is 34.5 Å². The lowest BCUT2D eigenvalue weighted by Crippen LogP contribution is -2.40. The Hall–Kier alpha value is -1.63. The summed E-state index contributed by atoms with van der Waals surface area (Å²) in [7, 11) is 0. The average Bonchev–Trinajstić information content (AvgIpc) is 3.07. The van der Waals surface area contributed by atoms with E-state index in [-0.39, 0.29) is 5.91 Å². The Labute approximate surface area is 150 Å². The summed E-state index contributed by atoms with van der Waals surface area (Å²) in [6, 6.07) is 5.20. The fourth-order valence-corrected chi connectivity index (χ4v) is 3.26. The van der Waals surface area contributed by atoms with Gasteiger partial charge >= 0.3 is 0 Å². The summed E-state index contributed by atoms with van der Waals surface area (Å²) < 4.78 is 1.87. The smallest absolute Gasteiger partial charge is 0.238 e. The van der Waals surface area contributed by atoms with Crippen molar-refractivity contribution in [2.45, 2.75) is 19.4 Å². The molecule has 1 N–H and O–H groups in total. The Morgan fingerprint density at radius 1 is 1.29 bits per heavy atom. The standard InChI is InChI=1S/C16H19Cl2N5O/c17-13-2-1-3-14(16(13)18)20-15(24)11-22-7-4-12(5-8-22)10-23-9-6-19-21-23/h1-3,6,9,12H,4-5,7-8,10-11H2,(H,20,24). The fourth-order valence-electron chi connectivity index (χ4n) is 2.91. The number of rotatable bonds is 5. The van der Waals surface area contributed by atoms with Crippen LogP contribution in [0.25, 0.3) is 0 Å². The Morgan fingerprint density at radius 3 is 2.79 bits per heavy atom. The quantitative estimate of drug-likeness (QED) is 0.882. The predicted molar refractivity (Wildman–Crippen MR) is 94.3 cm³/mol. The van der Waals surface area contributed by atoms with Crippen LogP contribution < -0.4 is 5.32 Å². The molecule has 0 radical (unpaired) electrons. The lowest BCUT2D eigenvalue weighted by molar-refractivity contribution is -0.117. The van der Waals surface area contributed by atoms with Gasteiger partial charge in [-0.05, 0) is 44.0 Å². The molecule has 3 rings (SSSR count). The first-order valence-electron chi connectivity index (χ1n) is 7.92. The summed E-state index contributed by atoms with van der Waals surface area (Å²) in [5.74, 6) is 0.502. The first-order chi connectivity index (χ1) is 11.6. The van der Waals surface area contributed by atoms with Crippen LogP contribution in [0.1, 0.15) is 12.8 Å². The van der Waals surface area contributed by atoms with Gasteiger partial charge in [0.15, 0.2) is 0 Å². The topological polar surface area (TPSA) is 63.1 Å². The molecule has 1 aliphatic heterocycles. The van der Waals surface area contributed by atoms with Gasteiger partial charge in [-0.15, -0.1) is 5.10 Å². The third-order valence-electron chi connectivity index (χ3n) is 4.22. The molecule has 2 heterocycles. The zero-order chi connectivity index (χ0) is 16.9. The van der Waals surface area contributed by atoms with Crippen LogP contribution in [0, 0.1) is 5.92 Å². The Kier molecular flexibility index (Phi) is 5.71. The monoisotopic (exact) mass is 367 g/mol. The van der Waals surface area contributed by atoms with Crippen molar-refractivity contribution in [3.05, 3.63) is 40.6 Å². The normalized spacial score (nSPS) is 16.2. The van der Waals surface area contributed by atoms with Gasteiger partial charge in [0.1, 0.15) is 0 Å². The third-order valence-corrected chi connectivity index (χ3v) is 5.04. The van der Waals surface area contributed by atoms with Gasteiger partial charge in [0.25, 0.3) is 0 Å². The Morgan fingerprint density at radius 2 is 2.08 bits per heavy atom. The van der Waals surface area contributed by atoms with Gasteiger partial charge in [0.05, 0.1) is 28.5 Å². The summed E-state index contributed by atoms with van der Waals surface area (Å²) >= 11 is 12.1. The first kappa shape index (κ1) is 17.2. The van der Waals surface area contributed by atoms with Crippen molar-refractivity contribution >= 4 is 34.8 Å². The number of anilines is 1. The highest BCUT2D eigenvalue weighted by Crippen LogP contribution is 2.29. The highest BCUT2D eigenvalue weighted by Gasteiger charge is 2.21. The number of hydrogen-bond acceptors (Lipinski definition) is 4. The number of halogens is 2. The third kappa shape index (κ3) is 4.47. The van der Waals surface area contributed by atoms with Gasteiger partial charge in [0.2, 0.25) is 5.91 Å². The minimum Gasteiger partial charge on any atom is -0.324 e. The van der Waals surface area contributed by atoms with Crippen LogP contribution in [0.2, 0.25) is 10.0 Å². The van der Waals surface area contributed by atoms with Gasteiger partial charge in [-0.2, -0.15) is 0 Å². The molecular weight excluding hydrogens is 349 g/mol. The van der Waals surface area contributed by atoms with Crippen LogP contribution in [0.4, 0.5) is 5.69 Å². The summed E-state index contributed by atoms with van der Waals surface area (Å²) in [4.78, 5) is 14.4. The van der Waals surface area contributed by atoms with Crippen molar-refractivity contribution in [1.29, 1.82) is 0 Å². The number of benzene rings is 1. The lowest BCUT2D eigenvalue weighted by atomic mass is 9.97. The number of carbonyl (C=O) groups is 1. The minimum atomic E-state index is -0.0751. The maximum atomic E-state index is 12.2. The van der Waals surface area contributed by atoms with E-state index < -0.39 is 0 Å². The van der Waals surface area contributed by atoms with Crippen LogP contribution in [0.3, 0.4) is 0 Å². The number of piperidine rings is 1. The summed E-state index contributed by atoms with van der Waals surface area (Å²) in [6.07, 6.45) is 5.67. The number of aromatic nitrogens is 3. The molecule has 1 aromatic heterocycles. The van der Waals surface area contributed by atoms with Crippen LogP contribution in [-0.4, -0.2) is 45.4 Å². The second-order valence-corrected chi connectivity index (χ2v) is 6.78. The largest absolute Gasteiger partial charge is 0.324 e. The molecule has 0 saturated carbocycles. The van der Waals surface area contributed by atoms with Crippen LogP contribution >= 0.6 is 23.2 Å². The molecule has 0 atom stereocenters. The van der Waals surface area contributed by atoms with Crippen molar-refractivity contribution in [3.63, 3.8) is 0 Å². The van der Waals surface area contributed by atoms with Crippen LogP contribution in [-0.2, 0) is 11.3 Å². The zero-order valence-corrected chi connectivity index (χ0v) is 14.7. The molecule has 0 spiro atoms. The van der Waals surface area contributed by atoms with Gasteiger partial charge < -0.3 is 5.32 Å². The molecule has 1 fully saturated rings. The molecule has 128 valence electrons. The lowest BCUT2D eigenvalue weighted by Gasteiger charge is -2.31. The van der Waals surface area contributed by atoms with Crippen molar-refractivity contribution in [1.82, 2.24) is 19.9 Å². The summed E-state index contributed by atoms with van der Waals surface area (Å²) in [5.41, 5.74) is 0.551. The highest BCUT2D eigenvalue weighted by molar-refractivity contribution is 6.43. The van der Waals surface area contributed by atoms with Gasteiger partial charge in [-0.3, -0.25) is 14.4 Å². The molecule has 0 bridgehead atoms. The summed E-state index contributed by atoms with van der Waals surface area (Å²) in [6.45, 7) is 3.04. The highest BCUT2D eigenvalue weighted by atomic mass is 35.5. The molecular formula is C16H19Cl2N5O. The second kappa shape index (κ2) is 7.96. The number of nitrogens with zero attached hydrogens (tertiary/aromatic N) is 4. The predicted octanol–water partition coefficient (Wildman–Crippen LogP) is 2.94. The van der Waals surface area contributed by atoms with Crippen molar-refractivity contribution < 1.29 is 4.79 Å². The Balaban J connectivity index is 1.45. The Bertz CT molecular complexity index is 684. The van der Waals surface area contributed by atoms with E-state index >= 15 is 0 Å². The fraction of sp³-hybridized carbons (Fsp3) is 0.438. The number of carbonyl (C=O) groups excluding carboxylic acids is 1. The summed E-state index contributed by atoms with van der Waals surface area (Å²) in [5, 5.41) is 11.5. The molecule has 2 aromatic rings. The number of amides is 1. The van der Waals surface area contributed by atoms with E-state index in [0.717, 1.165) is 32.5 Å². The molecule has 6 nitrogen and oxygen atoms in total. The van der Waals surface area contributed by atoms with E-state index in [4.69, 9.17) is 23.2 Å². The van der Waals surface area contributed by atoms with E-state index in [1.165, 1.54) is 0 Å². The molecule has 1 aromatic carbocycles. The molecule has 1 amide bonds. The molecule has 24 heavy (non-hydrogen) atoms. The van der Waals surface area contributed by atoms with E-state index in [0.29, 0.717) is 28.2 Å². The average molecular weight is 368 g/mol. The van der Waals surface area contributed by atoms with Crippen LogP contribution in [0.15, 0.2) is 30.6 Å². The zero-order valence-electron chi connectivity index (χ0n) is 13.2. The van der Waals surface area contributed by atoms with Gasteiger partial charge in [-0.25, -0.2) is 0 Å². The van der Waals surface area contributed by atoms with E-state index in [2.05, 4.69) is 20.5 Å². The van der Waals surface area contributed by atoms with E-state index in [1.807, 2.05) is 10.9 Å². The maximum Gasteiger partial charge on any atom is 0.238 e. The molecule has 1 aliphatic rings. The maximum absolute atomic E-state index is 12.2. The van der Waals surface area contributed by atoms with Crippen LogP contribution in [0.5, 0.6) is 0 Å². The van der Waals surface area contributed by atoms with Crippen molar-refractivity contribution in [2.24, 2.45) is 5.92 Å². The van der Waals surface area contributed by atoms with E-state index in [1.54, 1.807) is 24.4 Å². The van der Waals surface area contributed by atoms with Crippen molar-refractivity contribution in [2.75, 3.05) is 25.0 Å². The SMILES string of the molecule is O=C(CN1CCC(Cn2ccnn2)CC1)Nc1cccc(Cl)c1Cl. The minimum absolute atomic E-state index is 0.0751. The molecule has 0 unspecified atom stereocenters. The van der Waals surface area contributed by atoms with Crippen molar-refractivity contribution in [3.8, 4) is 0 Å². The second-order valence-electron chi connectivity index (χ2n) is 5.99. The van der Waals surface area contributed by atoms with E-state index in [9.17, 15) is 4.79 Å². The molecule has 1 saturated heterocycles.